The van der Waals surface area contributed by atoms with Crippen molar-refractivity contribution >= 4 is 61.0 Å². The van der Waals surface area contributed by atoms with E-state index >= 15 is 0 Å². The number of hydrogen-bond acceptors (Lipinski definition) is 1. The van der Waals surface area contributed by atoms with Gasteiger partial charge >= 0.3 is 5.97 Å². The summed E-state index contributed by atoms with van der Waals surface area (Å²) in [6, 6.07) is 0. The Hall–Kier alpha value is 1.01. The van der Waals surface area contributed by atoms with Crippen LogP contribution in [0.5, 0.6) is 0 Å². The number of hydrogen-bond donors (Lipinski definition) is 1. The highest BCUT2D eigenvalue weighted by Crippen LogP contribution is 2.68. The highest BCUT2D eigenvalue weighted by atomic mass is 79.9. The first-order valence-electron chi connectivity index (χ1n) is 4.02. The fraction of sp³-hybridized carbons (Fsp3) is 0.875. The zero-order valence-corrected chi connectivity index (χ0v) is 12.3. The highest BCUT2D eigenvalue weighted by Gasteiger charge is 2.70. The third kappa shape index (κ3) is 1.95. The minimum atomic E-state index is -0.916. The second-order valence-electron chi connectivity index (χ2n) is 4.09. The Morgan fingerprint density at radius 3 is 2.29 bits per heavy atom. The molecule has 1 fully saturated rings. The molecule has 0 amide bonds. The van der Waals surface area contributed by atoms with Crippen molar-refractivity contribution in [3.05, 3.63) is 0 Å². The standard InChI is InChI=1S/C8H10Br2Cl2O2/c1-7(2)3(5(13)14)4(7)8(10,12)6(9)11/h3-4,6H,1-2H3,(H,13,14)/t3-,4+,6?,8?/m1/s1. The molecule has 0 bridgehead atoms. The maximum Gasteiger partial charge on any atom is 0.307 e. The second-order valence-corrected chi connectivity index (χ2v) is 8.36. The number of rotatable bonds is 3. The van der Waals surface area contributed by atoms with E-state index in [1.807, 2.05) is 13.8 Å². The largest absolute Gasteiger partial charge is 0.481 e. The lowest BCUT2D eigenvalue weighted by molar-refractivity contribution is -0.139. The predicted molar refractivity (Wildman–Crippen MR) is 64.5 cm³/mol. The van der Waals surface area contributed by atoms with Crippen LogP contribution in [-0.2, 0) is 4.79 Å². The van der Waals surface area contributed by atoms with Crippen LogP contribution in [0.4, 0.5) is 0 Å². The van der Waals surface area contributed by atoms with Crippen molar-refractivity contribution in [2.45, 2.75) is 21.9 Å². The molecule has 14 heavy (non-hydrogen) atoms. The van der Waals surface area contributed by atoms with Crippen molar-refractivity contribution < 1.29 is 9.90 Å². The summed E-state index contributed by atoms with van der Waals surface area (Å²) in [5, 5.41) is 8.97. The minimum Gasteiger partial charge on any atom is -0.481 e. The Labute approximate surface area is 110 Å². The first-order valence-corrected chi connectivity index (χ1v) is 6.54. The molecule has 0 heterocycles. The number of carboxylic acid groups (broad SMARTS) is 1. The van der Waals surface area contributed by atoms with Gasteiger partial charge < -0.3 is 5.11 Å². The topological polar surface area (TPSA) is 37.3 Å². The van der Waals surface area contributed by atoms with E-state index in [2.05, 4.69) is 31.9 Å². The summed E-state index contributed by atoms with van der Waals surface area (Å²) < 4.78 is -1.42. The number of alkyl halides is 4. The van der Waals surface area contributed by atoms with Crippen LogP contribution in [0.25, 0.3) is 0 Å². The quantitative estimate of drug-likeness (QED) is 0.772. The monoisotopic (exact) mass is 366 g/mol. The molecule has 0 aromatic rings. The van der Waals surface area contributed by atoms with Crippen LogP contribution in [0, 0.1) is 17.3 Å². The van der Waals surface area contributed by atoms with Gasteiger partial charge in [0.05, 0.1) is 5.92 Å². The van der Waals surface area contributed by atoms with Crippen molar-refractivity contribution in [3.63, 3.8) is 0 Å². The molecular formula is C8H10Br2Cl2O2. The van der Waals surface area contributed by atoms with Gasteiger partial charge in [0.15, 0.2) is 0 Å². The number of aliphatic carboxylic acids is 1. The van der Waals surface area contributed by atoms with Gasteiger partial charge in [-0.2, -0.15) is 0 Å². The van der Waals surface area contributed by atoms with Gasteiger partial charge in [-0.15, -0.1) is 23.2 Å². The van der Waals surface area contributed by atoms with Gasteiger partial charge in [0.1, 0.15) is 8.07 Å². The molecule has 6 heteroatoms. The summed E-state index contributed by atoms with van der Waals surface area (Å²) in [7, 11) is 0. The van der Waals surface area contributed by atoms with Gasteiger partial charge in [-0.25, -0.2) is 0 Å². The fourth-order valence-electron chi connectivity index (χ4n) is 1.95. The highest BCUT2D eigenvalue weighted by molar-refractivity contribution is 9.13. The molecule has 1 aliphatic carbocycles. The van der Waals surface area contributed by atoms with Crippen molar-refractivity contribution in [2.75, 3.05) is 0 Å². The lowest BCUT2D eigenvalue weighted by Crippen LogP contribution is -2.27. The lowest BCUT2D eigenvalue weighted by Gasteiger charge is -2.22. The van der Waals surface area contributed by atoms with Crippen LogP contribution in [0.3, 0.4) is 0 Å². The first kappa shape index (κ1) is 13.1. The molecular weight excluding hydrogens is 359 g/mol. The van der Waals surface area contributed by atoms with E-state index in [0.29, 0.717) is 0 Å². The average Bonchev–Trinajstić information content (AvgIpc) is 2.53. The van der Waals surface area contributed by atoms with E-state index in [1.54, 1.807) is 0 Å². The molecule has 0 spiro atoms. The van der Waals surface area contributed by atoms with Gasteiger partial charge in [-0.05, 0) is 5.41 Å². The van der Waals surface area contributed by atoms with E-state index in [1.165, 1.54) is 0 Å². The van der Waals surface area contributed by atoms with Crippen molar-refractivity contribution in [2.24, 2.45) is 17.3 Å². The summed E-state index contributed by atoms with van der Waals surface area (Å²) in [6.45, 7) is 3.75. The van der Waals surface area contributed by atoms with Crippen LogP contribution in [0.1, 0.15) is 13.8 Å². The summed E-state index contributed by atoms with van der Waals surface area (Å²) in [5.41, 5.74) is -0.321. The molecule has 1 aliphatic rings. The van der Waals surface area contributed by atoms with Crippen LogP contribution >= 0.6 is 55.1 Å². The van der Waals surface area contributed by atoms with E-state index in [0.717, 1.165) is 0 Å². The Morgan fingerprint density at radius 1 is 1.64 bits per heavy atom. The zero-order valence-electron chi connectivity index (χ0n) is 7.60. The zero-order chi connectivity index (χ0) is 11.3. The van der Waals surface area contributed by atoms with Crippen molar-refractivity contribution in [1.29, 1.82) is 0 Å². The maximum absolute atomic E-state index is 10.9. The van der Waals surface area contributed by atoms with Crippen LogP contribution in [0.2, 0.25) is 0 Å². The van der Waals surface area contributed by atoms with Gasteiger partial charge in [0.2, 0.25) is 0 Å². The van der Waals surface area contributed by atoms with E-state index < -0.39 is 20.0 Å². The van der Waals surface area contributed by atoms with Crippen molar-refractivity contribution in [3.8, 4) is 0 Å². The third-order valence-corrected chi connectivity index (χ3v) is 6.52. The summed E-state index contributed by atoms with van der Waals surface area (Å²) in [4.78, 5) is 10.9. The van der Waals surface area contributed by atoms with E-state index in [-0.39, 0.29) is 11.3 Å². The smallest absolute Gasteiger partial charge is 0.307 e. The van der Waals surface area contributed by atoms with Gasteiger partial charge in [-0.3, -0.25) is 4.79 Å². The molecule has 0 saturated heterocycles. The van der Waals surface area contributed by atoms with Gasteiger partial charge in [-0.1, -0.05) is 45.7 Å². The Balaban J connectivity index is 2.88. The number of carbonyl (C=O) groups is 1. The summed E-state index contributed by atoms with van der Waals surface area (Å²) in [5.74, 6) is -1.46. The molecule has 2 nitrogen and oxygen atoms in total. The molecule has 2 unspecified atom stereocenters. The van der Waals surface area contributed by atoms with E-state index in [9.17, 15) is 4.79 Å². The lowest BCUT2D eigenvalue weighted by atomic mass is 10.1. The Kier molecular flexibility index (Phi) is 3.54. The third-order valence-electron chi connectivity index (χ3n) is 2.80. The molecule has 4 atom stereocenters. The Bertz CT molecular complexity index is 266. The van der Waals surface area contributed by atoms with Crippen LogP contribution in [-0.4, -0.2) is 19.1 Å². The molecule has 0 aliphatic heterocycles. The second kappa shape index (κ2) is 3.79. The molecule has 0 aromatic carbocycles. The summed E-state index contributed by atoms with van der Waals surface area (Å²) >= 11 is 18.5. The van der Waals surface area contributed by atoms with Gasteiger partial charge in [0.25, 0.3) is 0 Å². The molecule has 1 rings (SSSR count). The predicted octanol–water partition coefficient (Wildman–Crippen LogP) is 3.63. The normalized spacial score (nSPS) is 35.9. The van der Waals surface area contributed by atoms with Crippen LogP contribution in [0.15, 0.2) is 0 Å². The molecule has 0 aromatic heterocycles. The molecule has 1 saturated carbocycles. The molecule has 82 valence electrons. The van der Waals surface area contributed by atoms with Gasteiger partial charge in [0, 0.05) is 5.92 Å². The summed E-state index contributed by atoms with van der Waals surface area (Å²) in [6.07, 6.45) is 0. The SMILES string of the molecule is CC1(C)[C@@H](C(Cl)(Br)C(Cl)Br)[C@@H]1C(=O)O. The van der Waals surface area contributed by atoms with E-state index in [4.69, 9.17) is 28.3 Å². The van der Waals surface area contributed by atoms with Crippen LogP contribution < -0.4 is 0 Å². The first-order chi connectivity index (χ1) is 6.13. The molecule has 1 N–H and O–H groups in total. The number of carboxylic acids is 1. The molecule has 0 radical (unpaired) electrons. The number of halogens is 4. The Morgan fingerprint density at radius 2 is 2.07 bits per heavy atom. The van der Waals surface area contributed by atoms with Crippen molar-refractivity contribution in [1.82, 2.24) is 0 Å². The minimum absolute atomic E-state index is 0.184. The average molecular weight is 369 g/mol. The fourth-order valence-corrected chi connectivity index (χ4v) is 3.63. The maximum atomic E-state index is 10.9.